The van der Waals surface area contributed by atoms with E-state index in [9.17, 15) is 4.79 Å². The highest BCUT2D eigenvalue weighted by Crippen LogP contribution is 1.75. The van der Waals surface area contributed by atoms with Gasteiger partial charge in [0.2, 0.25) is 0 Å². The molecule has 0 aromatic heterocycles. The monoisotopic (exact) mass is 117 g/mol. The molecule has 0 saturated carbocycles. The summed E-state index contributed by atoms with van der Waals surface area (Å²) in [7, 11) is 0. The number of carbonyl (C=O) groups excluding carboxylic acids is 1. The number of aldehydes is 1. The van der Waals surface area contributed by atoms with E-state index in [2.05, 4.69) is 0 Å². The maximum Gasteiger partial charge on any atom is 0.136 e. The number of nitrogens with two attached hydrogens (primary N) is 1. The first-order valence-corrected chi connectivity index (χ1v) is 3.02. The quantitative estimate of drug-likeness (QED) is 0.547. The van der Waals surface area contributed by atoms with Gasteiger partial charge in [-0.3, -0.25) is 0 Å². The van der Waals surface area contributed by atoms with Crippen LogP contribution in [0.15, 0.2) is 0 Å². The van der Waals surface area contributed by atoms with Crippen molar-refractivity contribution in [3.05, 3.63) is 0 Å². The van der Waals surface area contributed by atoms with Crippen molar-refractivity contribution >= 4 is 6.29 Å². The molecule has 50 valence electrons. The summed E-state index contributed by atoms with van der Waals surface area (Å²) in [6.45, 7) is 5.87. The normalized spacial score (nSPS) is 11.0. The molecule has 8 heavy (non-hydrogen) atoms. The van der Waals surface area contributed by atoms with Crippen molar-refractivity contribution in [2.45, 2.75) is 33.2 Å². The van der Waals surface area contributed by atoms with Crippen molar-refractivity contribution in [3.63, 3.8) is 0 Å². The molecule has 0 aromatic carbocycles. The molecule has 2 heteroatoms. The molecule has 0 heterocycles. The van der Waals surface area contributed by atoms with E-state index in [-0.39, 0.29) is 6.04 Å². The second-order valence-electron chi connectivity index (χ2n) is 1.21. The summed E-state index contributed by atoms with van der Waals surface area (Å²) in [6.07, 6.45) is 1.49. The minimum atomic E-state index is -0.245. The van der Waals surface area contributed by atoms with Crippen LogP contribution in [-0.2, 0) is 4.79 Å². The summed E-state index contributed by atoms with van der Waals surface area (Å²) in [6, 6.07) is -0.245. The van der Waals surface area contributed by atoms with Crippen LogP contribution < -0.4 is 5.73 Å². The summed E-state index contributed by atoms with van der Waals surface area (Å²) in [4.78, 5) is 9.61. The molecule has 0 radical (unpaired) electrons. The Balaban J connectivity index is 0. The number of carbonyl (C=O) groups is 1. The Morgan fingerprint density at radius 2 is 2.00 bits per heavy atom. The first-order valence-electron chi connectivity index (χ1n) is 3.02. The second-order valence-corrected chi connectivity index (χ2v) is 1.21. The molecule has 0 rings (SSSR count). The number of rotatable bonds is 2. The lowest BCUT2D eigenvalue weighted by molar-refractivity contribution is -0.108. The third kappa shape index (κ3) is 9.16. The minimum absolute atomic E-state index is 0.245. The molecule has 0 fully saturated rings. The zero-order chi connectivity index (χ0) is 6.99. The zero-order valence-electron chi connectivity index (χ0n) is 5.85. The molecule has 1 atom stereocenters. The van der Waals surface area contributed by atoms with Crippen LogP contribution in [-0.4, -0.2) is 12.3 Å². The van der Waals surface area contributed by atoms with E-state index in [1.54, 1.807) is 0 Å². The van der Waals surface area contributed by atoms with Crippen molar-refractivity contribution in [3.8, 4) is 0 Å². The van der Waals surface area contributed by atoms with E-state index >= 15 is 0 Å². The Hall–Kier alpha value is -0.370. The van der Waals surface area contributed by atoms with Crippen LogP contribution in [0.3, 0.4) is 0 Å². The molecule has 0 aliphatic rings. The van der Waals surface area contributed by atoms with Gasteiger partial charge in [0.25, 0.3) is 0 Å². The topological polar surface area (TPSA) is 43.1 Å². The smallest absolute Gasteiger partial charge is 0.136 e. The Morgan fingerprint density at radius 1 is 1.62 bits per heavy atom. The Kier molecular flexibility index (Phi) is 13.0. The van der Waals surface area contributed by atoms with Crippen LogP contribution in [0.5, 0.6) is 0 Å². The van der Waals surface area contributed by atoms with Gasteiger partial charge in [0, 0.05) is 0 Å². The fourth-order valence-electron chi connectivity index (χ4n) is 0.0962. The van der Waals surface area contributed by atoms with Crippen LogP contribution >= 0.6 is 0 Å². The van der Waals surface area contributed by atoms with Gasteiger partial charge in [-0.1, -0.05) is 20.8 Å². The summed E-state index contributed by atoms with van der Waals surface area (Å²) in [5, 5.41) is 0. The molecule has 0 bridgehead atoms. The molecule has 0 amide bonds. The van der Waals surface area contributed by atoms with Crippen molar-refractivity contribution in [1.29, 1.82) is 0 Å². The zero-order valence-corrected chi connectivity index (χ0v) is 5.85. The highest BCUT2D eigenvalue weighted by molar-refractivity contribution is 5.56. The predicted octanol–water partition coefficient (Wildman–Crippen LogP) is 0.949. The van der Waals surface area contributed by atoms with Crippen molar-refractivity contribution in [2.24, 2.45) is 5.73 Å². The van der Waals surface area contributed by atoms with Crippen LogP contribution in [0.4, 0.5) is 0 Å². The second kappa shape index (κ2) is 9.80. The minimum Gasteiger partial charge on any atom is -0.322 e. The lowest BCUT2D eigenvalue weighted by Gasteiger charge is -1.90. The number of hydrogen-bond acceptors (Lipinski definition) is 2. The third-order valence-electron chi connectivity index (χ3n) is 0.646. The lowest BCUT2D eigenvalue weighted by atomic mass is 10.3. The van der Waals surface area contributed by atoms with Gasteiger partial charge in [-0.15, -0.1) is 0 Å². The van der Waals surface area contributed by atoms with Crippen LogP contribution in [0.25, 0.3) is 0 Å². The van der Waals surface area contributed by atoms with Crippen LogP contribution in [0.2, 0.25) is 0 Å². The van der Waals surface area contributed by atoms with E-state index in [1.807, 2.05) is 20.8 Å². The fraction of sp³-hybridized carbons (Fsp3) is 0.833. The van der Waals surface area contributed by atoms with Gasteiger partial charge < -0.3 is 10.5 Å². The number of hydrogen-bond donors (Lipinski definition) is 1. The van der Waals surface area contributed by atoms with Gasteiger partial charge >= 0.3 is 0 Å². The molecular weight excluding hydrogens is 102 g/mol. The standard InChI is InChI=1S/C4H9NO.C2H6/c1-2-4(5)3-6;1-2/h3-4H,2,5H2,1H3;1-2H3. The fourth-order valence-corrected chi connectivity index (χ4v) is 0.0962. The maximum absolute atomic E-state index is 9.61. The SMILES string of the molecule is CC.CCC(N)C=O. The van der Waals surface area contributed by atoms with E-state index in [1.165, 1.54) is 0 Å². The maximum atomic E-state index is 9.61. The predicted molar refractivity (Wildman–Crippen MR) is 35.7 cm³/mol. The summed E-state index contributed by atoms with van der Waals surface area (Å²) < 4.78 is 0. The third-order valence-corrected chi connectivity index (χ3v) is 0.646. The van der Waals surface area contributed by atoms with E-state index < -0.39 is 0 Å². The van der Waals surface area contributed by atoms with Gasteiger partial charge in [0.05, 0.1) is 6.04 Å². The molecule has 1 unspecified atom stereocenters. The Morgan fingerprint density at radius 3 is 2.00 bits per heavy atom. The first kappa shape index (κ1) is 10.6. The van der Waals surface area contributed by atoms with E-state index in [0.717, 1.165) is 12.7 Å². The molecule has 0 saturated heterocycles. The van der Waals surface area contributed by atoms with Gasteiger partial charge in [-0.25, -0.2) is 0 Å². The highest BCUT2D eigenvalue weighted by atomic mass is 16.1. The summed E-state index contributed by atoms with van der Waals surface area (Å²) >= 11 is 0. The van der Waals surface area contributed by atoms with E-state index in [4.69, 9.17) is 5.73 Å². The highest BCUT2D eigenvalue weighted by Gasteiger charge is 1.89. The van der Waals surface area contributed by atoms with Crippen molar-refractivity contribution in [2.75, 3.05) is 0 Å². The molecule has 0 aliphatic heterocycles. The van der Waals surface area contributed by atoms with Crippen molar-refractivity contribution < 1.29 is 4.79 Å². The van der Waals surface area contributed by atoms with Gasteiger partial charge in [-0.05, 0) is 6.42 Å². The average molecular weight is 117 g/mol. The molecule has 0 aliphatic carbocycles. The lowest BCUT2D eigenvalue weighted by Crippen LogP contribution is -2.19. The average Bonchev–Trinajstić information content (AvgIpc) is 1.91. The molecule has 2 nitrogen and oxygen atoms in total. The summed E-state index contributed by atoms with van der Waals surface area (Å²) in [5.74, 6) is 0. The molecule has 2 N–H and O–H groups in total. The largest absolute Gasteiger partial charge is 0.322 e. The van der Waals surface area contributed by atoms with Crippen LogP contribution in [0, 0.1) is 0 Å². The van der Waals surface area contributed by atoms with Gasteiger partial charge in [-0.2, -0.15) is 0 Å². The van der Waals surface area contributed by atoms with Crippen LogP contribution in [0.1, 0.15) is 27.2 Å². The van der Waals surface area contributed by atoms with Crippen molar-refractivity contribution in [1.82, 2.24) is 0 Å². The Labute approximate surface area is 51.1 Å². The van der Waals surface area contributed by atoms with Gasteiger partial charge in [0.15, 0.2) is 0 Å². The van der Waals surface area contributed by atoms with Gasteiger partial charge in [0.1, 0.15) is 6.29 Å². The Bertz CT molecular complexity index is 45.8. The molecule has 0 spiro atoms. The molecule has 0 aromatic rings. The van der Waals surface area contributed by atoms with E-state index in [0.29, 0.717) is 0 Å². The summed E-state index contributed by atoms with van der Waals surface area (Å²) in [5.41, 5.74) is 5.10. The first-order chi connectivity index (χ1) is 3.81. The molecular formula is C6H15NO.